The molecule has 4 nitrogen and oxygen atoms in total. The van der Waals surface area contributed by atoms with E-state index in [-0.39, 0.29) is 11.5 Å². The monoisotopic (exact) mass is 308 g/mol. The van der Waals surface area contributed by atoms with Gasteiger partial charge in [-0.2, -0.15) is 0 Å². The number of benzene rings is 2. The van der Waals surface area contributed by atoms with Crippen molar-refractivity contribution in [1.82, 2.24) is 0 Å². The summed E-state index contributed by atoms with van der Waals surface area (Å²) in [5.74, 6) is 1.40. The SMILES string of the molecule is COc1ccc2c(c1)C(C)(C)c1oc3cc(O)ccc3c1C2=O. The molecule has 2 aromatic carbocycles. The number of aromatic hydroxyl groups is 1. The van der Waals surface area contributed by atoms with E-state index in [4.69, 9.17) is 9.15 Å². The van der Waals surface area contributed by atoms with Gasteiger partial charge in [0.1, 0.15) is 22.8 Å². The number of ether oxygens (including phenoxy) is 1. The normalized spacial score (nSPS) is 15.3. The molecule has 1 aliphatic rings. The molecule has 23 heavy (non-hydrogen) atoms. The second-order valence-corrected chi connectivity index (χ2v) is 6.35. The molecule has 116 valence electrons. The smallest absolute Gasteiger partial charge is 0.197 e. The molecule has 0 saturated carbocycles. The van der Waals surface area contributed by atoms with E-state index in [2.05, 4.69) is 0 Å². The molecule has 0 radical (unpaired) electrons. The van der Waals surface area contributed by atoms with Crippen molar-refractivity contribution in [2.45, 2.75) is 19.3 Å². The number of phenolic OH excluding ortho intramolecular Hbond substituents is 1. The van der Waals surface area contributed by atoms with Crippen LogP contribution in [-0.2, 0) is 5.41 Å². The zero-order valence-electron chi connectivity index (χ0n) is 13.1. The highest BCUT2D eigenvalue weighted by Crippen LogP contribution is 2.46. The fourth-order valence-corrected chi connectivity index (χ4v) is 3.37. The zero-order valence-corrected chi connectivity index (χ0v) is 13.1. The predicted octanol–water partition coefficient (Wildman–Crippen LogP) is 4.02. The molecule has 0 aliphatic heterocycles. The van der Waals surface area contributed by atoms with Crippen molar-refractivity contribution in [3.8, 4) is 11.5 Å². The van der Waals surface area contributed by atoms with Crippen LogP contribution in [0.2, 0.25) is 0 Å². The lowest BCUT2D eigenvalue weighted by Gasteiger charge is -2.30. The third-order valence-corrected chi connectivity index (χ3v) is 4.61. The Labute approximate surface area is 133 Å². The summed E-state index contributed by atoms with van der Waals surface area (Å²) in [6, 6.07) is 10.3. The van der Waals surface area contributed by atoms with Crippen LogP contribution in [0.15, 0.2) is 40.8 Å². The van der Waals surface area contributed by atoms with Gasteiger partial charge >= 0.3 is 0 Å². The first-order valence-electron chi connectivity index (χ1n) is 7.42. The van der Waals surface area contributed by atoms with Crippen LogP contribution >= 0.6 is 0 Å². The Morgan fingerprint density at radius 3 is 2.65 bits per heavy atom. The van der Waals surface area contributed by atoms with Crippen LogP contribution < -0.4 is 4.74 Å². The lowest BCUT2D eigenvalue weighted by molar-refractivity contribution is 0.102. The highest BCUT2D eigenvalue weighted by atomic mass is 16.5. The van der Waals surface area contributed by atoms with Gasteiger partial charge in [0, 0.05) is 22.4 Å². The fourth-order valence-electron chi connectivity index (χ4n) is 3.37. The largest absolute Gasteiger partial charge is 0.508 e. The number of hydrogen-bond donors (Lipinski definition) is 1. The molecular weight excluding hydrogens is 292 g/mol. The Bertz CT molecular complexity index is 963. The molecule has 1 aromatic heterocycles. The molecule has 4 rings (SSSR count). The number of ketones is 1. The maximum Gasteiger partial charge on any atom is 0.197 e. The molecule has 0 unspecified atom stereocenters. The third kappa shape index (κ3) is 1.75. The molecule has 0 saturated heterocycles. The number of carbonyl (C=O) groups excluding carboxylic acids is 1. The highest BCUT2D eigenvalue weighted by molar-refractivity contribution is 6.19. The topological polar surface area (TPSA) is 59.7 Å². The van der Waals surface area contributed by atoms with Crippen molar-refractivity contribution in [3.63, 3.8) is 0 Å². The Kier molecular flexibility index (Phi) is 2.64. The summed E-state index contributed by atoms with van der Waals surface area (Å²) in [6.07, 6.45) is 0. The van der Waals surface area contributed by atoms with Crippen molar-refractivity contribution in [2.24, 2.45) is 0 Å². The zero-order chi connectivity index (χ0) is 16.4. The standard InChI is InChI=1S/C19H16O4/c1-19(2)14-9-11(22-3)5-7-12(14)17(21)16-13-6-4-10(20)8-15(13)23-18(16)19/h4-9,20H,1-3H3. The number of phenols is 1. The van der Waals surface area contributed by atoms with Gasteiger partial charge < -0.3 is 14.3 Å². The summed E-state index contributed by atoms with van der Waals surface area (Å²) < 4.78 is 11.3. The van der Waals surface area contributed by atoms with E-state index in [1.54, 1.807) is 37.4 Å². The minimum Gasteiger partial charge on any atom is -0.508 e. The molecule has 1 heterocycles. The van der Waals surface area contributed by atoms with Gasteiger partial charge in [-0.1, -0.05) is 0 Å². The second-order valence-electron chi connectivity index (χ2n) is 6.35. The van der Waals surface area contributed by atoms with Crippen molar-refractivity contribution < 1.29 is 19.1 Å². The summed E-state index contributed by atoms with van der Waals surface area (Å²) in [5, 5.41) is 10.4. The van der Waals surface area contributed by atoms with E-state index in [1.807, 2.05) is 19.9 Å². The van der Waals surface area contributed by atoms with Gasteiger partial charge in [0.25, 0.3) is 0 Å². The number of rotatable bonds is 1. The Balaban J connectivity index is 2.07. The van der Waals surface area contributed by atoms with Crippen molar-refractivity contribution in [3.05, 3.63) is 58.8 Å². The van der Waals surface area contributed by atoms with Crippen molar-refractivity contribution in [2.75, 3.05) is 7.11 Å². The van der Waals surface area contributed by atoms with Gasteiger partial charge in [-0.3, -0.25) is 4.79 Å². The fraction of sp³-hybridized carbons (Fsp3) is 0.211. The molecule has 1 N–H and O–H groups in total. The quantitative estimate of drug-likeness (QED) is 0.737. The van der Waals surface area contributed by atoms with Gasteiger partial charge in [-0.05, 0) is 49.7 Å². The Hall–Kier alpha value is -2.75. The molecular formula is C19H16O4. The number of hydrogen-bond acceptors (Lipinski definition) is 4. The Morgan fingerprint density at radius 2 is 1.91 bits per heavy atom. The van der Waals surface area contributed by atoms with Crippen LogP contribution in [0.25, 0.3) is 11.0 Å². The van der Waals surface area contributed by atoms with E-state index < -0.39 is 5.41 Å². The van der Waals surface area contributed by atoms with E-state index in [1.165, 1.54) is 0 Å². The average Bonchev–Trinajstić information content (AvgIpc) is 2.92. The predicted molar refractivity (Wildman–Crippen MR) is 86.4 cm³/mol. The van der Waals surface area contributed by atoms with Crippen LogP contribution in [0.4, 0.5) is 0 Å². The summed E-state index contributed by atoms with van der Waals surface area (Å²) in [4.78, 5) is 13.0. The van der Waals surface area contributed by atoms with Crippen LogP contribution in [-0.4, -0.2) is 18.0 Å². The van der Waals surface area contributed by atoms with Gasteiger partial charge in [0.15, 0.2) is 5.78 Å². The van der Waals surface area contributed by atoms with E-state index >= 15 is 0 Å². The third-order valence-electron chi connectivity index (χ3n) is 4.61. The van der Waals surface area contributed by atoms with Crippen LogP contribution in [0.3, 0.4) is 0 Å². The van der Waals surface area contributed by atoms with E-state index in [9.17, 15) is 9.90 Å². The summed E-state index contributed by atoms with van der Waals surface area (Å²) in [7, 11) is 1.61. The second kappa shape index (κ2) is 4.38. The van der Waals surface area contributed by atoms with Gasteiger partial charge in [0.2, 0.25) is 0 Å². The first-order valence-corrected chi connectivity index (χ1v) is 7.42. The molecule has 3 aromatic rings. The first-order chi connectivity index (χ1) is 10.9. The minimum atomic E-state index is -0.470. The molecule has 0 atom stereocenters. The van der Waals surface area contributed by atoms with Crippen LogP contribution in [0.5, 0.6) is 11.5 Å². The van der Waals surface area contributed by atoms with Crippen LogP contribution in [0.1, 0.15) is 41.1 Å². The van der Waals surface area contributed by atoms with Crippen molar-refractivity contribution in [1.29, 1.82) is 0 Å². The molecule has 4 heteroatoms. The molecule has 0 bridgehead atoms. The average molecular weight is 308 g/mol. The number of furan rings is 1. The number of carbonyl (C=O) groups is 1. The highest BCUT2D eigenvalue weighted by Gasteiger charge is 2.41. The summed E-state index contributed by atoms with van der Waals surface area (Å²) >= 11 is 0. The van der Waals surface area contributed by atoms with E-state index in [0.717, 1.165) is 10.9 Å². The molecule has 0 fully saturated rings. The van der Waals surface area contributed by atoms with Gasteiger partial charge in [0.05, 0.1) is 12.7 Å². The lowest BCUT2D eigenvalue weighted by Crippen LogP contribution is -2.29. The number of fused-ring (bicyclic) bond motifs is 4. The molecule has 0 amide bonds. The molecule has 1 aliphatic carbocycles. The Morgan fingerprint density at radius 1 is 1.13 bits per heavy atom. The first kappa shape index (κ1) is 13.9. The molecule has 0 spiro atoms. The van der Waals surface area contributed by atoms with Gasteiger partial charge in [-0.15, -0.1) is 0 Å². The maximum atomic E-state index is 13.0. The van der Waals surface area contributed by atoms with Crippen LogP contribution in [0, 0.1) is 0 Å². The minimum absolute atomic E-state index is 0.0542. The summed E-state index contributed by atoms with van der Waals surface area (Å²) in [5.41, 5.74) is 2.19. The van der Waals surface area contributed by atoms with Crippen molar-refractivity contribution >= 4 is 16.8 Å². The lowest BCUT2D eigenvalue weighted by atomic mass is 9.72. The summed E-state index contributed by atoms with van der Waals surface area (Å²) in [6.45, 7) is 4.05. The van der Waals surface area contributed by atoms with Gasteiger partial charge in [-0.25, -0.2) is 0 Å². The maximum absolute atomic E-state index is 13.0. The van der Waals surface area contributed by atoms with E-state index in [0.29, 0.717) is 28.2 Å². The number of methoxy groups -OCH3 is 1.